The second-order valence-electron chi connectivity index (χ2n) is 4.88. The molecular weight excluding hydrogens is 265 g/mol. The standard InChI is InChI=1S/C14H18FNO2S/c1-2-14(18)9-16(10-14)13(17)7-8-19-12-5-3-11(15)4-6-12/h3-6,18H,2,7-10H2,1H3. The highest BCUT2D eigenvalue weighted by atomic mass is 32.2. The highest BCUT2D eigenvalue weighted by molar-refractivity contribution is 7.99. The smallest absolute Gasteiger partial charge is 0.223 e. The van der Waals surface area contributed by atoms with E-state index >= 15 is 0 Å². The van der Waals surface area contributed by atoms with E-state index in [9.17, 15) is 14.3 Å². The summed E-state index contributed by atoms with van der Waals surface area (Å²) < 4.78 is 12.7. The summed E-state index contributed by atoms with van der Waals surface area (Å²) in [6, 6.07) is 6.26. The van der Waals surface area contributed by atoms with Crippen molar-refractivity contribution in [1.82, 2.24) is 4.90 Å². The number of β-amino-alcohol motifs (C(OH)–C–C–N with tert-alkyl or cyclic N) is 1. The highest BCUT2D eigenvalue weighted by Gasteiger charge is 2.41. The highest BCUT2D eigenvalue weighted by Crippen LogP contribution is 2.25. The SMILES string of the molecule is CCC1(O)CN(C(=O)CCSc2ccc(F)cc2)C1. The zero-order valence-electron chi connectivity index (χ0n) is 10.9. The molecule has 1 N–H and O–H groups in total. The van der Waals surface area contributed by atoms with Gasteiger partial charge in [-0.1, -0.05) is 6.92 Å². The van der Waals surface area contributed by atoms with Gasteiger partial charge in [0.1, 0.15) is 5.82 Å². The van der Waals surface area contributed by atoms with Gasteiger partial charge in [-0.15, -0.1) is 11.8 Å². The van der Waals surface area contributed by atoms with Crippen LogP contribution in [-0.2, 0) is 4.79 Å². The molecule has 0 atom stereocenters. The second-order valence-corrected chi connectivity index (χ2v) is 6.05. The van der Waals surface area contributed by atoms with Gasteiger partial charge in [-0.2, -0.15) is 0 Å². The molecule has 19 heavy (non-hydrogen) atoms. The summed E-state index contributed by atoms with van der Waals surface area (Å²) in [5.74, 6) is 0.499. The number of hydrogen-bond donors (Lipinski definition) is 1. The van der Waals surface area contributed by atoms with Crippen LogP contribution in [0.2, 0.25) is 0 Å². The van der Waals surface area contributed by atoms with Crippen LogP contribution in [-0.4, -0.2) is 40.4 Å². The number of carbonyl (C=O) groups excluding carboxylic acids is 1. The van der Waals surface area contributed by atoms with Crippen molar-refractivity contribution in [3.63, 3.8) is 0 Å². The van der Waals surface area contributed by atoms with Crippen LogP contribution in [0.4, 0.5) is 4.39 Å². The largest absolute Gasteiger partial charge is 0.386 e. The summed E-state index contributed by atoms with van der Waals surface area (Å²) in [7, 11) is 0. The van der Waals surface area contributed by atoms with Gasteiger partial charge >= 0.3 is 0 Å². The van der Waals surface area contributed by atoms with Crippen molar-refractivity contribution in [1.29, 1.82) is 0 Å². The second kappa shape index (κ2) is 5.92. The lowest BCUT2D eigenvalue weighted by atomic mass is 9.91. The number of likely N-dealkylation sites (tertiary alicyclic amines) is 1. The van der Waals surface area contributed by atoms with E-state index in [1.54, 1.807) is 17.0 Å². The van der Waals surface area contributed by atoms with Crippen LogP contribution in [0.3, 0.4) is 0 Å². The van der Waals surface area contributed by atoms with Gasteiger partial charge in [-0.05, 0) is 30.7 Å². The molecule has 0 unspecified atom stereocenters. The Balaban J connectivity index is 1.69. The normalized spacial score (nSPS) is 17.1. The summed E-state index contributed by atoms with van der Waals surface area (Å²) in [6.45, 7) is 2.82. The fourth-order valence-electron chi connectivity index (χ4n) is 2.01. The van der Waals surface area contributed by atoms with Gasteiger partial charge < -0.3 is 10.0 Å². The zero-order valence-corrected chi connectivity index (χ0v) is 11.8. The molecule has 1 aliphatic heterocycles. The molecule has 5 heteroatoms. The number of nitrogens with zero attached hydrogens (tertiary/aromatic N) is 1. The van der Waals surface area contributed by atoms with Crippen LogP contribution < -0.4 is 0 Å². The Morgan fingerprint density at radius 3 is 2.63 bits per heavy atom. The van der Waals surface area contributed by atoms with Gasteiger partial charge in [-0.25, -0.2) is 4.39 Å². The summed E-state index contributed by atoms with van der Waals surface area (Å²) >= 11 is 1.54. The van der Waals surface area contributed by atoms with Gasteiger partial charge in [0.05, 0.1) is 18.7 Å². The van der Waals surface area contributed by atoms with Crippen molar-refractivity contribution >= 4 is 17.7 Å². The minimum absolute atomic E-state index is 0.0766. The Morgan fingerprint density at radius 1 is 1.42 bits per heavy atom. The number of thioether (sulfide) groups is 1. The molecule has 0 saturated carbocycles. The van der Waals surface area contributed by atoms with E-state index in [-0.39, 0.29) is 11.7 Å². The fraction of sp³-hybridized carbons (Fsp3) is 0.500. The average Bonchev–Trinajstić information content (AvgIpc) is 2.37. The molecule has 1 heterocycles. The van der Waals surface area contributed by atoms with Gasteiger partial charge in [0.2, 0.25) is 5.91 Å². The lowest BCUT2D eigenvalue weighted by molar-refractivity contribution is -0.155. The minimum atomic E-state index is -0.667. The number of halogens is 1. The first-order valence-corrected chi connectivity index (χ1v) is 7.39. The number of aliphatic hydroxyl groups is 1. The summed E-state index contributed by atoms with van der Waals surface area (Å²) in [5, 5.41) is 9.83. The third kappa shape index (κ3) is 3.70. The summed E-state index contributed by atoms with van der Waals surface area (Å²) in [4.78, 5) is 14.5. The average molecular weight is 283 g/mol. The number of hydrogen-bond acceptors (Lipinski definition) is 3. The molecule has 0 aromatic heterocycles. The van der Waals surface area contributed by atoms with Crippen LogP contribution in [0, 0.1) is 5.82 Å². The van der Waals surface area contributed by atoms with Crippen molar-refractivity contribution in [3.05, 3.63) is 30.1 Å². The molecule has 104 valence electrons. The predicted octanol–water partition coefficient (Wildman–Crippen LogP) is 2.29. The number of benzene rings is 1. The first-order valence-electron chi connectivity index (χ1n) is 6.41. The van der Waals surface area contributed by atoms with E-state index in [0.717, 1.165) is 4.90 Å². The predicted molar refractivity (Wildman–Crippen MR) is 73.6 cm³/mol. The molecule has 0 bridgehead atoms. The van der Waals surface area contributed by atoms with E-state index < -0.39 is 5.60 Å². The van der Waals surface area contributed by atoms with E-state index in [1.165, 1.54) is 23.9 Å². The molecule has 0 aliphatic carbocycles. The molecule has 1 aromatic carbocycles. The summed E-state index contributed by atoms with van der Waals surface area (Å²) in [6.07, 6.45) is 1.13. The molecule has 0 spiro atoms. The van der Waals surface area contributed by atoms with Gasteiger partial charge in [0.15, 0.2) is 0 Å². The molecule has 1 fully saturated rings. The first-order chi connectivity index (χ1) is 9.02. The Labute approximate surface area is 116 Å². The quantitative estimate of drug-likeness (QED) is 0.843. The lowest BCUT2D eigenvalue weighted by Crippen LogP contribution is -2.63. The van der Waals surface area contributed by atoms with E-state index in [2.05, 4.69) is 0 Å². The fourth-order valence-corrected chi connectivity index (χ4v) is 2.85. The summed E-state index contributed by atoms with van der Waals surface area (Å²) in [5.41, 5.74) is -0.667. The lowest BCUT2D eigenvalue weighted by Gasteiger charge is -2.46. The molecule has 1 aliphatic rings. The minimum Gasteiger partial charge on any atom is -0.386 e. The van der Waals surface area contributed by atoms with E-state index in [1.807, 2.05) is 6.92 Å². The van der Waals surface area contributed by atoms with Gasteiger partial charge in [0.25, 0.3) is 0 Å². The van der Waals surface area contributed by atoms with Crippen molar-refractivity contribution in [3.8, 4) is 0 Å². The van der Waals surface area contributed by atoms with Crippen LogP contribution in [0.1, 0.15) is 19.8 Å². The van der Waals surface area contributed by atoms with Gasteiger partial charge in [-0.3, -0.25) is 4.79 Å². The molecule has 2 rings (SSSR count). The Bertz CT molecular complexity index is 443. The van der Waals surface area contributed by atoms with E-state index in [4.69, 9.17) is 0 Å². The van der Waals surface area contributed by atoms with Crippen LogP contribution in [0.25, 0.3) is 0 Å². The third-order valence-corrected chi connectivity index (χ3v) is 4.39. The van der Waals surface area contributed by atoms with E-state index in [0.29, 0.717) is 31.7 Å². The van der Waals surface area contributed by atoms with Crippen LogP contribution in [0.15, 0.2) is 29.2 Å². The molecule has 3 nitrogen and oxygen atoms in total. The Hall–Kier alpha value is -1.07. The zero-order chi connectivity index (χ0) is 13.9. The molecule has 1 aromatic rings. The first kappa shape index (κ1) is 14.3. The maximum absolute atomic E-state index is 12.7. The molecule has 1 saturated heterocycles. The number of carbonyl (C=O) groups is 1. The Morgan fingerprint density at radius 2 is 2.05 bits per heavy atom. The van der Waals surface area contributed by atoms with Crippen molar-refractivity contribution in [2.75, 3.05) is 18.8 Å². The topological polar surface area (TPSA) is 40.5 Å². The molecule has 0 radical (unpaired) electrons. The monoisotopic (exact) mass is 283 g/mol. The van der Waals surface area contributed by atoms with Crippen molar-refractivity contribution in [2.24, 2.45) is 0 Å². The van der Waals surface area contributed by atoms with Crippen LogP contribution in [0.5, 0.6) is 0 Å². The van der Waals surface area contributed by atoms with Gasteiger partial charge in [0, 0.05) is 17.1 Å². The molecular formula is C14H18FNO2S. The maximum Gasteiger partial charge on any atom is 0.223 e. The van der Waals surface area contributed by atoms with Crippen molar-refractivity contribution in [2.45, 2.75) is 30.3 Å². The Kier molecular flexibility index (Phi) is 4.47. The number of rotatable bonds is 5. The van der Waals surface area contributed by atoms with Crippen molar-refractivity contribution < 1.29 is 14.3 Å². The van der Waals surface area contributed by atoms with Crippen LogP contribution >= 0.6 is 11.8 Å². The maximum atomic E-state index is 12.7. The third-order valence-electron chi connectivity index (χ3n) is 3.38. The number of amides is 1. The molecule has 1 amide bonds.